The lowest BCUT2D eigenvalue weighted by atomic mass is 10.1. The fourth-order valence-electron chi connectivity index (χ4n) is 2.25. The quantitative estimate of drug-likeness (QED) is 0.944. The van der Waals surface area contributed by atoms with Gasteiger partial charge in [-0.2, -0.15) is 0 Å². The van der Waals surface area contributed by atoms with Gasteiger partial charge in [-0.3, -0.25) is 14.9 Å². The number of furan rings is 1. The van der Waals surface area contributed by atoms with Crippen molar-refractivity contribution in [2.24, 2.45) is 0 Å². The van der Waals surface area contributed by atoms with Crippen LogP contribution >= 0.6 is 11.3 Å². The minimum atomic E-state index is -0.240. The maximum absolute atomic E-state index is 11.9. The average molecular weight is 305 g/mol. The van der Waals surface area contributed by atoms with Gasteiger partial charge in [0, 0.05) is 24.3 Å². The number of amides is 2. The van der Waals surface area contributed by atoms with Gasteiger partial charge in [-0.25, -0.2) is 4.98 Å². The van der Waals surface area contributed by atoms with Gasteiger partial charge in [0.05, 0.1) is 24.1 Å². The summed E-state index contributed by atoms with van der Waals surface area (Å²) in [5, 5.41) is 3.33. The summed E-state index contributed by atoms with van der Waals surface area (Å²) in [7, 11) is 0. The van der Waals surface area contributed by atoms with Crippen LogP contribution in [-0.4, -0.2) is 28.2 Å². The Morgan fingerprint density at radius 2 is 2.38 bits per heavy atom. The lowest BCUT2D eigenvalue weighted by Gasteiger charge is -2.25. The van der Waals surface area contributed by atoms with E-state index in [0.717, 1.165) is 17.0 Å². The predicted octanol–water partition coefficient (Wildman–Crippen LogP) is 2.28. The van der Waals surface area contributed by atoms with Crippen molar-refractivity contribution in [3.05, 3.63) is 34.7 Å². The summed E-state index contributed by atoms with van der Waals surface area (Å²) < 4.78 is 4.89. The number of carbonyl (C=O) groups is 2. The van der Waals surface area contributed by atoms with Crippen molar-refractivity contribution in [2.45, 2.75) is 26.3 Å². The largest absolute Gasteiger partial charge is 0.472 e. The van der Waals surface area contributed by atoms with Crippen LogP contribution in [0.4, 0.5) is 5.13 Å². The zero-order valence-corrected chi connectivity index (χ0v) is 12.4. The first-order chi connectivity index (χ1) is 10.2. The highest BCUT2D eigenvalue weighted by atomic mass is 32.1. The highest BCUT2D eigenvalue weighted by molar-refractivity contribution is 7.15. The molecule has 1 aliphatic rings. The molecule has 110 valence electrons. The number of rotatable bonds is 3. The number of thiazole rings is 1. The van der Waals surface area contributed by atoms with Crippen LogP contribution < -0.4 is 5.32 Å². The van der Waals surface area contributed by atoms with Crippen molar-refractivity contribution in [3.8, 4) is 0 Å². The Bertz CT molecular complexity index is 663. The lowest BCUT2D eigenvalue weighted by molar-refractivity contribution is -0.131. The number of hydrogen-bond acceptors (Lipinski definition) is 5. The second-order valence-electron chi connectivity index (χ2n) is 4.77. The van der Waals surface area contributed by atoms with Crippen molar-refractivity contribution in [2.75, 3.05) is 11.9 Å². The van der Waals surface area contributed by atoms with Crippen LogP contribution in [0.25, 0.3) is 0 Å². The molecule has 0 radical (unpaired) electrons. The molecule has 1 aliphatic heterocycles. The molecule has 6 nitrogen and oxygen atoms in total. The van der Waals surface area contributed by atoms with E-state index in [-0.39, 0.29) is 11.8 Å². The maximum atomic E-state index is 11.9. The highest BCUT2D eigenvalue weighted by Crippen LogP contribution is 2.28. The molecule has 21 heavy (non-hydrogen) atoms. The molecule has 0 saturated carbocycles. The van der Waals surface area contributed by atoms with Gasteiger partial charge >= 0.3 is 0 Å². The summed E-state index contributed by atoms with van der Waals surface area (Å²) in [5.74, 6) is -0.0885. The van der Waals surface area contributed by atoms with E-state index in [4.69, 9.17) is 4.42 Å². The molecule has 0 fully saturated rings. The number of carbonyl (C=O) groups excluding carboxylic acids is 2. The highest BCUT2D eigenvalue weighted by Gasteiger charge is 2.23. The van der Waals surface area contributed by atoms with Crippen LogP contribution in [0.15, 0.2) is 23.0 Å². The summed E-state index contributed by atoms with van der Waals surface area (Å²) >= 11 is 1.43. The Morgan fingerprint density at radius 3 is 3.10 bits per heavy atom. The topological polar surface area (TPSA) is 75.4 Å². The monoisotopic (exact) mass is 305 g/mol. The summed E-state index contributed by atoms with van der Waals surface area (Å²) in [6, 6.07) is 1.60. The smallest absolute Gasteiger partial charge is 0.260 e. The standard InChI is InChI=1S/C14H15N3O3S/c1-2-12(18)17-5-3-10-11(7-17)21-14(15-10)16-13(19)9-4-6-20-8-9/h4,6,8H,2-3,5,7H2,1H3,(H,15,16,19). The molecular formula is C14H15N3O3S. The van der Waals surface area contributed by atoms with Gasteiger partial charge in [-0.1, -0.05) is 18.3 Å². The van der Waals surface area contributed by atoms with Crippen LogP contribution in [0.1, 0.15) is 34.3 Å². The van der Waals surface area contributed by atoms with E-state index in [1.807, 2.05) is 11.8 Å². The van der Waals surface area contributed by atoms with Crippen LogP contribution in [0.3, 0.4) is 0 Å². The van der Waals surface area contributed by atoms with Crippen LogP contribution in [0.2, 0.25) is 0 Å². The Kier molecular flexibility index (Phi) is 3.74. The molecule has 2 amide bonds. The molecule has 0 unspecified atom stereocenters. The van der Waals surface area contributed by atoms with E-state index in [1.54, 1.807) is 6.07 Å². The minimum Gasteiger partial charge on any atom is -0.472 e. The molecule has 0 aliphatic carbocycles. The van der Waals surface area contributed by atoms with Gasteiger partial charge in [-0.05, 0) is 6.07 Å². The zero-order chi connectivity index (χ0) is 14.8. The maximum Gasteiger partial charge on any atom is 0.260 e. The van der Waals surface area contributed by atoms with Crippen molar-refractivity contribution >= 4 is 28.3 Å². The van der Waals surface area contributed by atoms with Gasteiger partial charge < -0.3 is 9.32 Å². The molecule has 2 aromatic heterocycles. The van der Waals surface area contributed by atoms with E-state index in [2.05, 4.69) is 10.3 Å². The third-order valence-electron chi connectivity index (χ3n) is 3.39. The second kappa shape index (κ2) is 5.69. The second-order valence-corrected chi connectivity index (χ2v) is 5.86. The first kappa shape index (κ1) is 13.8. The van der Waals surface area contributed by atoms with Crippen molar-refractivity contribution < 1.29 is 14.0 Å². The summed E-state index contributed by atoms with van der Waals surface area (Å²) in [4.78, 5) is 31.0. The Labute approximate surface area is 125 Å². The molecule has 0 spiro atoms. The number of nitrogens with zero attached hydrogens (tertiary/aromatic N) is 2. The van der Waals surface area contributed by atoms with E-state index in [0.29, 0.717) is 30.2 Å². The first-order valence-corrected chi connectivity index (χ1v) is 7.59. The Morgan fingerprint density at radius 1 is 1.52 bits per heavy atom. The zero-order valence-electron chi connectivity index (χ0n) is 11.6. The fourth-order valence-corrected chi connectivity index (χ4v) is 3.27. The van der Waals surface area contributed by atoms with Crippen LogP contribution in [0.5, 0.6) is 0 Å². The number of anilines is 1. The van der Waals surface area contributed by atoms with Crippen LogP contribution in [0, 0.1) is 0 Å². The van der Waals surface area contributed by atoms with Gasteiger partial charge in [0.2, 0.25) is 5.91 Å². The number of nitrogens with one attached hydrogen (secondary N) is 1. The molecule has 0 atom stereocenters. The van der Waals surface area contributed by atoms with Gasteiger partial charge in [0.25, 0.3) is 5.91 Å². The molecule has 1 N–H and O–H groups in total. The summed E-state index contributed by atoms with van der Waals surface area (Å²) in [6.45, 7) is 3.14. The Hall–Kier alpha value is -2.15. The van der Waals surface area contributed by atoms with E-state index < -0.39 is 0 Å². The van der Waals surface area contributed by atoms with E-state index in [1.165, 1.54) is 23.9 Å². The third kappa shape index (κ3) is 2.82. The first-order valence-electron chi connectivity index (χ1n) is 6.77. The molecule has 0 aromatic carbocycles. The van der Waals surface area contributed by atoms with Crippen molar-refractivity contribution in [1.82, 2.24) is 9.88 Å². The van der Waals surface area contributed by atoms with Gasteiger partial charge in [-0.15, -0.1) is 0 Å². The Balaban J connectivity index is 1.72. The molecule has 3 rings (SSSR count). The third-order valence-corrected chi connectivity index (χ3v) is 4.39. The summed E-state index contributed by atoms with van der Waals surface area (Å²) in [6.07, 6.45) is 4.10. The summed E-state index contributed by atoms with van der Waals surface area (Å²) in [5.41, 5.74) is 1.44. The molecule has 3 heterocycles. The molecule has 7 heteroatoms. The fraction of sp³-hybridized carbons (Fsp3) is 0.357. The van der Waals surface area contributed by atoms with E-state index >= 15 is 0 Å². The lowest BCUT2D eigenvalue weighted by Crippen LogP contribution is -2.34. The van der Waals surface area contributed by atoms with Crippen molar-refractivity contribution in [3.63, 3.8) is 0 Å². The molecule has 0 bridgehead atoms. The normalized spacial score (nSPS) is 13.9. The number of fused-ring (bicyclic) bond motifs is 1. The molecule has 0 saturated heterocycles. The SMILES string of the molecule is CCC(=O)N1CCc2nc(NC(=O)c3ccoc3)sc2C1. The molecule has 2 aromatic rings. The van der Waals surface area contributed by atoms with Crippen LogP contribution in [-0.2, 0) is 17.8 Å². The average Bonchev–Trinajstić information content (AvgIpc) is 3.14. The minimum absolute atomic E-state index is 0.151. The van der Waals surface area contributed by atoms with Gasteiger partial charge in [0.15, 0.2) is 5.13 Å². The van der Waals surface area contributed by atoms with E-state index in [9.17, 15) is 9.59 Å². The van der Waals surface area contributed by atoms with Crippen molar-refractivity contribution in [1.29, 1.82) is 0 Å². The number of aromatic nitrogens is 1. The predicted molar refractivity (Wildman–Crippen MR) is 78.2 cm³/mol. The van der Waals surface area contributed by atoms with Gasteiger partial charge in [0.1, 0.15) is 6.26 Å². The number of hydrogen-bond donors (Lipinski definition) is 1. The molecular weight excluding hydrogens is 290 g/mol.